The molecule has 2 aromatic rings. The molecule has 4 heteroatoms. The number of carbonyl (C=O) groups excluding carboxylic acids is 1. The summed E-state index contributed by atoms with van der Waals surface area (Å²) >= 11 is 0. The topological polar surface area (TPSA) is 43.3 Å². The van der Waals surface area contributed by atoms with Crippen molar-refractivity contribution in [1.82, 2.24) is 9.88 Å². The normalized spacial score (nSPS) is 15.8. The number of aromatic nitrogens is 1. The number of hydrogen-bond donors (Lipinski definition) is 1. The summed E-state index contributed by atoms with van der Waals surface area (Å²) in [5.74, 6) is 0.643. The van der Waals surface area contributed by atoms with E-state index in [2.05, 4.69) is 82.6 Å². The second kappa shape index (κ2) is 10.7. The molecule has 0 bridgehead atoms. The molecule has 0 atom stereocenters. The van der Waals surface area contributed by atoms with Gasteiger partial charge in [-0.15, -0.1) is 0 Å². The van der Waals surface area contributed by atoms with Gasteiger partial charge in [-0.25, -0.2) is 0 Å². The molecule has 0 spiro atoms. The minimum atomic E-state index is -0.403. The molecule has 200 valence electrons. The summed E-state index contributed by atoms with van der Waals surface area (Å²) in [6.45, 7) is 21.2. The average molecular weight is 495 g/mol. The van der Waals surface area contributed by atoms with Gasteiger partial charge < -0.3 is 14.6 Å². The van der Waals surface area contributed by atoms with Crippen molar-refractivity contribution in [1.29, 1.82) is 0 Å². The highest BCUT2D eigenvalue weighted by molar-refractivity contribution is 5.97. The molecule has 0 saturated heterocycles. The van der Waals surface area contributed by atoms with Gasteiger partial charge in [-0.2, -0.15) is 0 Å². The van der Waals surface area contributed by atoms with E-state index < -0.39 is 5.60 Å². The van der Waals surface area contributed by atoms with Crippen LogP contribution in [0.3, 0.4) is 0 Å². The molecule has 1 aliphatic rings. The lowest BCUT2D eigenvalue weighted by Gasteiger charge is -2.27. The van der Waals surface area contributed by atoms with Crippen molar-refractivity contribution in [3.8, 4) is 11.3 Å². The second-order valence-corrected chi connectivity index (χ2v) is 13.6. The minimum Gasteiger partial charge on any atom is -0.377 e. The first-order chi connectivity index (χ1) is 16.6. The van der Waals surface area contributed by atoms with Crippen LogP contribution < -0.4 is 5.32 Å². The van der Waals surface area contributed by atoms with Crippen molar-refractivity contribution in [3.05, 3.63) is 46.6 Å². The van der Waals surface area contributed by atoms with Crippen molar-refractivity contribution >= 4 is 5.91 Å². The van der Waals surface area contributed by atoms with Crippen LogP contribution in [0.2, 0.25) is 0 Å². The van der Waals surface area contributed by atoms with Gasteiger partial charge in [0.25, 0.3) is 5.91 Å². The average Bonchev–Trinajstić information content (AvgIpc) is 3.13. The van der Waals surface area contributed by atoms with Crippen molar-refractivity contribution < 1.29 is 9.53 Å². The quantitative estimate of drug-likeness (QED) is 0.427. The molecule has 1 aromatic heterocycles. The standard InChI is InChI=1S/C32H50N2O2/c1-22-27(29(35)33-21-32(8,9)36-10)19-28(34(22)20-23-14-12-11-13-15-23)24-16-25(30(2,3)4)18-26(17-24)31(5,6)7/h16-19,23H,11-15,20-21H2,1-10H3,(H,33,35). The summed E-state index contributed by atoms with van der Waals surface area (Å²) in [6, 6.07) is 9.18. The molecular weight excluding hydrogens is 444 g/mol. The fraction of sp³-hybridized carbons (Fsp3) is 0.656. The van der Waals surface area contributed by atoms with Gasteiger partial charge in [0.1, 0.15) is 0 Å². The first-order valence-corrected chi connectivity index (χ1v) is 13.8. The minimum absolute atomic E-state index is 0.0238. The van der Waals surface area contributed by atoms with E-state index in [1.54, 1.807) is 7.11 Å². The zero-order valence-corrected chi connectivity index (χ0v) is 24.6. The van der Waals surface area contributed by atoms with Crippen molar-refractivity contribution in [2.45, 2.75) is 117 Å². The Hall–Kier alpha value is -2.07. The summed E-state index contributed by atoms with van der Waals surface area (Å²) in [5, 5.41) is 3.12. The molecule has 1 fully saturated rings. The maximum absolute atomic E-state index is 13.4. The third kappa shape index (κ3) is 6.82. The number of methoxy groups -OCH3 is 1. The number of hydrogen-bond acceptors (Lipinski definition) is 2. The number of carbonyl (C=O) groups is 1. The molecule has 1 amide bonds. The third-order valence-electron chi connectivity index (χ3n) is 7.96. The highest BCUT2D eigenvalue weighted by Crippen LogP contribution is 2.37. The smallest absolute Gasteiger partial charge is 0.253 e. The number of nitrogens with one attached hydrogen (secondary N) is 1. The van der Waals surface area contributed by atoms with Crippen LogP contribution in [0.4, 0.5) is 0 Å². The maximum atomic E-state index is 13.4. The molecule has 36 heavy (non-hydrogen) atoms. The van der Waals surface area contributed by atoms with Gasteiger partial charge in [0.2, 0.25) is 0 Å². The van der Waals surface area contributed by atoms with Gasteiger partial charge in [0.05, 0.1) is 11.2 Å². The van der Waals surface area contributed by atoms with Crippen LogP contribution in [0.15, 0.2) is 24.3 Å². The lowest BCUT2D eigenvalue weighted by molar-refractivity contribution is 0.0228. The van der Waals surface area contributed by atoms with E-state index in [4.69, 9.17) is 4.74 Å². The number of nitrogens with zero attached hydrogens (tertiary/aromatic N) is 1. The van der Waals surface area contributed by atoms with Gasteiger partial charge in [-0.3, -0.25) is 4.79 Å². The number of ether oxygens (including phenoxy) is 1. The van der Waals surface area contributed by atoms with Crippen LogP contribution in [0.1, 0.15) is 115 Å². The van der Waals surface area contributed by atoms with Gasteiger partial charge in [0, 0.05) is 31.6 Å². The molecule has 1 aromatic carbocycles. The molecule has 0 aliphatic heterocycles. The van der Waals surface area contributed by atoms with E-state index in [-0.39, 0.29) is 16.7 Å². The number of rotatable bonds is 7. The molecule has 3 rings (SSSR count). The van der Waals surface area contributed by atoms with Crippen LogP contribution >= 0.6 is 0 Å². The lowest BCUT2D eigenvalue weighted by atomic mass is 9.79. The molecule has 0 unspecified atom stereocenters. The molecular formula is C32H50N2O2. The Bertz CT molecular complexity index is 1020. The van der Waals surface area contributed by atoms with Crippen LogP contribution in [-0.2, 0) is 22.1 Å². The molecule has 0 radical (unpaired) electrons. The van der Waals surface area contributed by atoms with E-state index in [1.807, 2.05) is 13.8 Å². The van der Waals surface area contributed by atoms with E-state index in [9.17, 15) is 4.79 Å². The van der Waals surface area contributed by atoms with Gasteiger partial charge in [-0.1, -0.05) is 66.9 Å². The van der Waals surface area contributed by atoms with Crippen LogP contribution in [-0.4, -0.2) is 29.7 Å². The van der Waals surface area contributed by atoms with E-state index >= 15 is 0 Å². The van der Waals surface area contributed by atoms with Gasteiger partial charge >= 0.3 is 0 Å². The van der Waals surface area contributed by atoms with E-state index in [1.165, 1.54) is 48.8 Å². The Morgan fingerprint density at radius 3 is 1.97 bits per heavy atom. The molecule has 4 nitrogen and oxygen atoms in total. The Morgan fingerprint density at radius 1 is 0.917 bits per heavy atom. The Morgan fingerprint density at radius 2 is 1.47 bits per heavy atom. The molecule has 1 heterocycles. The zero-order valence-electron chi connectivity index (χ0n) is 24.6. The number of amides is 1. The zero-order chi connectivity index (χ0) is 26.9. The summed E-state index contributed by atoms with van der Waals surface area (Å²) in [4.78, 5) is 13.4. The van der Waals surface area contributed by atoms with Crippen molar-refractivity contribution in [2.75, 3.05) is 13.7 Å². The van der Waals surface area contributed by atoms with Crippen molar-refractivity contribution in [2.24, 2.45) is 5.92 Å². The number of benzene rings is 1. The SMILES string of the molecule is COC(C)(C)CNC(=O)c1cc(-c2cc(C(C)(C)C)cc(C(C)(C)C)c2)n(CC2CCCCC2)c1C. The lowest BCUT2D eigenvalue weighted by Crippen LogP contribution is -2.39. The highest BCUT2D eigenvalue weighted by Gasteiger charge is 2.26. The fourth-order valence-electron chi connectivity index (χ4n) is 5.08. The molecule has 1 saturated carbocycles. The summed E-state index contributed by atoms with van der Waals surface area (Å²) in [5.41, 5.74) is 6.54. The van der Waals surface area contributed by atoms with Crippen LogP contribution in [0, 0.1) is 12.8 Å². The molecule has 1 N–H and O–H groups in total. The third-order valence-corrected chi connectivity index (χ3v) is 7.96. The van der Waals surface area contributed by atoms with Gasteiger partial charge in [-0.05, 0) is 85.3 Å². The second-order valence-electron chi connectivity index (χ2n) is 13.6. The Balaban J connectivity index is 2.12. The summed E-state index contributed by atoms with van der Waals surface area (Å²) in [7, 11) is 1.69. The van der Waals surface area contributed by atoms with Gasteiger partial charge in [0.15, 0.2) is 0 Å². The largest absolute Gasteiger partial charge is 0.377 e. The first kappa shape index (κ1) is 28.5. The van der Waals surface area contributed by atoms with Crippen LogP contribution in [0.25, 0.3) is 11.3 Å². The molecule has 1 aliphatic carbocycles. The maximum Gasteiger partial charge on any atom is 0.253 e. The van der Waals surface area contributed by atoms with E-state index in [0.717, 1.165) is 23.5 Å². The summed E-state index contributed by atoms with van der Waals surface area (Å²) in [6.07, 6.45) is 6.52. The Labute approximate surface area is 220 Å². The van der Waals surface area contributed by atoms with Crippen LogP contribution in [0.5, 0.6) is 0 Å². The highest BCUT2D eigenvalue weighted by atomic mass is 16.5. The first-order valence-electron chi connectivity index (χ1n) is 13.8. The monoisotopic (exact) mass is 494 g/mol. The predicted molar refractivity (Wildman–Crippen MR) is 152 cm³/mol. The van der Waals surface area contributed by atoms with E-state index in [0.29, 0.717) is 12.5 Å². The van der Waals surface area contributed by atoms with Crippen molar-refractivity contribution in [3.63, 3.8) is 0 Å². The summed E-state index contributed by atoms with van der Waals surface area (Å²) < 4.78 is 7.95. The Kier molecular flexibility index (Phi) is 8.50. The fourth-order valence-corrected chi connectivity index (χ4v) is 5.08. The predicted octanol–water partition coefficient (Wildman–Crippen LogP) is 7.79.